The Labute approximate surface area is 223 Å². The zero-order chi connectivity index (χ0) is 27.6. The highest BCUT2D eigenvalue weighted by Crippen LogP contribution is 2.59. The number of carbonyl (C=O) groups is 2. The number of rotatable bonds is 6. The minimum atomic E-state index is -3.23. The van der Waals surface area contributed by atoms with Gasteiger partial charge in [-0.25, -0.2) is 13.6 Å². The molecular weight excluding hydrogens is 494 g/mol. The standard InChI is InChI=1S/C15H24O3.C7H13NO2S.C6H12O2/c1-3-10(2)13(16)18-15-7-11-4-12(8-15)6-14(17,5-11)9-15;8-11(9,10)7-4-5-1-2-6(7)3-5;1-4-5(2)6(7)8-3/h10-12,17H,3-9H2,1-2H3;5-7H,1-4H2,(H2,8,9,10);5H,4H2,1-3H3. The van der Waals surface area contributed by atoms with E-state index < -0.39 is 15.6 Å². The second-order valence-electron chi connectivity index (χ2n) is 12.7. The number of sulfonamides is 1. The number of methoxy groups -OCH3 is 1. The summed E-state index contributed by atoms with van der Waals surface area (Å²) in [5.74, 6) is 2.03. The summed E-state index contributed by atoms with van der Waals surface area (Å²) in [5.41, 5.74) is -0.876. The van der Waals surface area contributed by atoms with Gasteiger partial charge in [-0.15, -0.1) is 0 Å². The lowest BCUT2D eigenvalue weighted by molar-refractivity contribution is -0.222. The highest BCUT2D eigenvalue weighted by molar-refractivity contribution is 7.89. The summed E-state index contributed by atoms with van der Waals surface area (Å²) in [6, 6.07) is 0. The zero-order valence-corrected chi connectivity index (χ0v) is 24.2. The van der Waals surface area contributed by atoms with Gasteiger partial charge in [-0.1, -0.05) is 34.1 Å². The van der Waals surface area contributed by atoms with Gasteiger partial charge in [-0.3, -0.25) is 9.59 Å². The largest absolute Gasteiger partial charge is 0.469 e. The van der Waals surface area contributed by atoms with Gasteiger partial charge in [0.15, 0.2) is 0 Å². The number of hydrogen-bond acceptors (Lipinski definition) is 7. The van der Waals surface area contributed by atoms with E-state index >= 15 is 0 Å². The molecule has 0 heterocycles. The van der Waals surface area contributed by atoms with Gasteiger partial charge in [0.1, 0.15) is 5.60 Å². The van der Waals surface area contributed by atoms with E-state index in [0.29, 0.717) is 30.1 Å². The Balaban J connectivity index is 0.000000171. The molecule has 9 heteroatoms. The number of nitrogens with two attached hydrogens (primary N) is 1. The molecule has 6 aliphatic rings. The summed E-state index contributed by atoms with van der Waals surface area (Å²) < 4.78 is 32.3. The molecule has 6 saturated carbocycles. The van der Waals surface area contributed by atoms with Gasteiger partial charge in [0.25, 0.3) is 0 Å². The van der Waals surface area contributed by atoms with Gasteiger partial charge < -0.3 is 14.6 Å². The van der Waals surface area contributed by atoms with E-state index in [9.17, 15) is 23.1 Å². The molecule has 214 valence electrons. The average Bonchev–Trinajstić information content (AvgIpc) is 3.45. The lowest BCUT2D eigenvalue weighted by atomic mass is 9.52. The SMILES string of the molecule is CCC(C)C(=O)OC.CCC(C)C(=O)OC12CC3CC(CC(O)(C3)C1)C2.NS(=O)(=O)C1CC2CCC1C2. The number of primary sulfonamides is 1. The average molecular weight is 544 g/mol. The van der Waals surface area contributed by atoms with Crippen molar-refractivity contribution in [2.45, 2.75) is 121 Å². The number of fused-ring (bicyclic) bond motifs is 2. The van der Waals surface area contributed by atoms with Gasteiger partial charge in [-0.2, -0.15) is 0 Å². The molecule has 0 spiro atoms. The Hall–Kier alpha value is -1.19. The lowest BCUT2D eigenvalue weighted by Gasteiger charge is -2.59. The summed E-state index contributed by atoms with van der Waals surface area (Å²) >= 11 is 0. The maximum Gasteiger partial charge on any atom is 0.309 e. The van der Waals surface area contributed by atoms with Gasteiger partial charge >= 0.3 is 11.9 Å². The molecule has 0 aromatic carbocycles. The van der Waals surface area contributed by atoms with Crippen LogP contribution in [0.4, 0.5) is 0 Å². The zero-order valence-electron chi connectivity index (χ0n) is 23.4. The lowest BCUT2D eigenvalue weighted by Crippen LogP contribution is -2.60. The number of esters is 2. The Bertz CT molecular complexity index is 905. The van der Waals surface area contributed by atoms with E-state index in [0.717, 1.165) is 57.8 Å². The van der Waals surface area contributed by atoms with E-state index in [1.165, 1.54) is 20.0 Å². The molecule has 0 aliphatic heterocycles. The van der Waals surface area contributed by atoms with E-state index in [1.54, 1.807) is 0 Å². The van der Waals surface area contributed by atoms with Crippen LogP contribution in [0.2, 0.25) is 0 Å². The first-order valence-corrected chi connectivity index (χ1v) is 15.9. The van der Waals surface area contributed by atoms with Crippen LogP contribution in [0, 0.1) is 35.5 Å². The predicted molar refractivity (Wildman–Crippen MR) is 142 cm³/mol. The third kappa shape index (κ3) is 7.47. The van der Waals surface area contributed by atoms with Crippen molar-refractivity contribution < 1.29 is 32.6 Å². The van der Waals surface area contributed by atoms with Crippen molar-refractivity contribution >= 4 is 22.0 Å². The van der Waals surface area contributed by atoms with Crippen molar-refractivity contribution in [2.75, 3.05) is 7.11 Å². The first kappa shape index (κ1) is 30.4. The van der Waals surface area contributed by atoms with Gasteiger partial charge in [0.2, 0.25) is 10.0 Å². The fraction of sp³-hybridized carbons (Fsp3) is 0.929. The fourth-order valence-electron chi connectivity index (χ4n) is 7.69. The molecule has 6 fully saturated rings. The first-order valence-electron chi connectivity index (χ1n) is 14.3. The monoisotopic (exact) mass is 543 g/mol. The first-order chi connectivity index (χ1) is 17.2. The van der Waals surface area contributed by atoms with Crippen LogP contribution in [0.1, 0.15) is 105 Å². The van der Waals surface area contributed by atoms with Gasteiger partial charge in [-0.05, 0) is 87.9 Å². The summed E-state index contributed by atoms with van der Waals surface area (Å²) in [4.78, 5) is 22.6. The van der Waals surface area contributed by atoms with Crippen LogP contribution < -0.4 is 5.14 Å². The number of carbonyl (C=O) groups excluding carboxylic acids is 2. The van der Waals surface area contributed by atoms with E-state index in [1.807, 2.05) is 27.7 Å². The van der Waals surface area contributed by atoms with Crippen LogP contribution in [0.15, 0.2) is 0 Å². The van der Waals surface area contributed by atoms with Gasteiger partial charge in [0.05, 0.1) is 29.8 Å². The Morgan fingerprint density at radius 3 is 1.84 bits per heavy atom. The topological polar surface area (TPSA) is 133 Å². The summed E-state index contributed by atoms with van der Waals surface area (Å²) in [5, 5.41) is 15.5. The third-order valence-electron chi connectivity index (χ3n) is 9.62. The van der Waals surface area contributed by atoms with Crippen molar-refractivity contribution in [2.24, 2.45) is 40.6 Å². The molecular formula is C28H49NO7S. The molecule has 6 bridgehead atoms. The second kappa shape index (κ2) is 11.9. The van der Waals surface area contributed by atoms with Crippen LogP contribution in [-0.4, -0.2) is 49.0 Å². The Morgan fingerprint density at radius 1 is 0.919 bits per heavy atom. The molecule has 0 aromatic heterocycles. The van der Waals surface area contributed by atoms with Gasteiger partial charge in [0, 0.05) is 6.42 Å². The van der Waals surface area contributed by atoms with Crippen LogP contribution in [-0.2, 0) is 29.1 Å². The maximum absolute atomic E-state index is 12.1. The van der Waals surface area contributed by atoms with Crippen molar-refractivity contribution in [1.82, 2.24) is 0 Å². The number of ether oxygens (including phenoxy) is 2. The van der Waals surface area contributed by atoms with Crippen molar-refractivity contribution in [3.63, 3.8) is 0 Å². The van der Waals surface area contributed by atoms with Crippen molar-refractivity contribution in [3.05, 3.63) is 0 Å². The van der Waals surface area contributed by atoms with Crippen LogP contribution in [0.5, 0.6) is 0 Å². The maximum atomic E-state index is 12.1. The predicted octanol–water partition coefficient (Wildman–Crippen LogP) is 4.33. The number of aliphatic hydroxyl groups is 1. The van der Waals surface area contributed by atoms with Crippen molar-refractivity contribution in [3.8, 4) is 0 Å². The number of hydrogen-bond donors (Lipinski definition) is 2. The smallest absolute Gasteiger partial charge is 0.309 e. The Kier molecular flexibility index (Phi) is 9.77. The Morgan fingerprint density at radius 2 is 1.49 bits per heavy atom. The molecule has 7 atom stereocenters. The quantitative estimate of drug-likeness (QED) is 0.476. The molecule has 6 aliphatic carbocycles. The van der Waals surface area contributed by atoms with Crippen LogP contribution >= 0.6 is 0 Å². The third-order valence-corrected chi connectivity index (χ3v) is 11.0. The molecule has 8 nitrogen and oxygen atoms in total. The molecule has 0 saturated heterocycles. The molecule has 0 amide bonds. The molecule has 0 aromatic rings. The summed E-state index contributed by atoms with van der Waals surface area (Å²) in [6.07, 6.45) is 11.6. The molecule has 3 N–H and O–H groups in total. The second-order valence-corrected chi connectivity index (χ2v) is 14.5. The van der Waals surface area contributed by atoms with Crippen molar-refractivity contribution in [1.29, 1.82) is 0 Å². The summed E-state index contributed by atoms with van der Waals surface area (Å²) in [6.45, 7) is 7.75. The minimum Gasteiger partial charge on any atom is -0.469 e. The van der Waals surface area contributed by atoms with Crippen LogP contribution in [0.25, 0.3) is 0 Å². The molecule has 6 rings (SSSR count). The fourth-order valence-corrected chi connectivity index (χ4v) is 9.01. The molecule has 0 radical (unpaired) electrons. The minimum absolute atomic E-state index is 0.0207. The highest BCUT2D eigenvalue weighted by Gasteiger charge is 2.59. The van der Waals surface area contributed by atoms with E-state index in [-0.39, 0.29) is 34.6 Å². The normalized spacial score (nSPS) is 38.5. The molecule has 7 unspecified atom stereocenters. The summed E-state index contributed by atoms with van der Waals surface area (Å²) in [7, 11) is -1.82. The van der Waals surface area contributed by atoms with E-state index in [4.69, 9.17) is 9.88 Å². The van der Waals surface area contributed by atoms with Crippen LogP contribution in [0.3, 0.4) is 0 Å². The van der Waals surface area contributed by atoms with E-state index in [2.05, 4.69) is 4.74 Å². The highest BCUT2D eigenvalue weighted by atomic mass is 32.2. The molecule has 37 heavy (non-hydrogen) atoms.